The third kappa shape index (κ3) is 2.41. The highest BCUT2D eigenvalue weighted by atomic mass is 79.9. The van der Waals surface area contributed by atoms with Crippen LogP contribution in [-0.2, 0) is 0 Å². The van der Waals surface area contributed by atoms with Crippen molar-refractivity contribution in [3.05, 3.63) is 40.8 Å². The second-order valence-corrected chi connectivity index (χ2v) is 3.52. The Kier molecular flexibility index (Phi) is 2.77. The molecular formula is C9H6BrN3O2. The van der Waals surface area contributed by atoms with Crippen molar-refractivity contribution >= 4 is 27.7 Å². The average Bonchev–Trinajstić information content (AvgIpc) is 2.71. The zero-order chi connectivity index (χ0) is 10.7. The largest absolute Gasteiger partial charge is 0.363 e. The molecule has 6 heteroatoms. The zero-order valence-electron chi connectivity index (χ0n) is 7.48. The highest BCUT2D eigenvalue weighted by molar-refractivity contribution is 9.10. The molecule has 0 aliphatic heterocycles. The molecule has 2 rings (SSSR count). The Morgan fingerprint density at radius 1 is 1.40 bits per heavy atom. The average molecular weight is 268 g/mol. The monoisotopic (exact) mass is 267 g/mol. The van der Waals surface area contributed by atoms with E-state index in [1.54, 1.807) is 18.2 Å². The molecule has 0 spiro atoms. The van der Waals surface area contributed by atoms with Crippen molar-refractivity contribution in [2.45, 2.75) is 0 Å². The molecule has 0 aromatic carbocycles. The van der Waals surface area contributed by atoms with Gasteiger partial charge in [0.05, 0.1) is 5.56 Å². The standard InChI is InChI=1S/C9H6BrN3O2/c10-7-2-1-6(5-11-7)9(14)12-8-3-4-15-13-8/h1-5H,(H,12,13,14). The molecule has 0 aliphatic rings. The van der Waals surface area contributed by atoms with E-state index in [0.29, 0.717) is 16.0 Å². The van der Waals surface area contributed by atoms with Crippen molar-refractivity contribution in [1.82, 2.24) is 10.1 Å². The van der Waals surface area contributed by atoms with Crippen molar-refractivity contribution in [2.24, 2.45) is 0 Å². The lowest BCUT2D eigenvalue weighted by atomic mass is 10.3. The van der Waals surface area contributed by atoms with Gasteiger partial charge in [-0.25, -0.2) is 4.98 Å². The number of hydrogen-bond donors (Lipinski definition) is 1. The van der Waals surface area contributed by atoms with Crippen LogP contribution in [0.1, 0.15) is 10.4 Å². The van der Waals surface area contributed by atoms with Crippen LogP contribution in [0.4, 0.5) is 5.82 Å². The normalized spacial score (nSPS) is 9.93. The molecule has 2 aromatic rings. The summed E-state index contributed by atoms with van der Waals surface area (Å²) in [5.74, 6) is 0.104. The molecule has 0 radical (unpaired) electrons. The zero-order valence-corrected chi connectivity index (χ0v) is 9.06. The van der Waals surface area contributed by atoms with E-state index in [1.165, 1.54) is 12.5 Å². The van der Waals surface area contributed by atoms with Crippen molar-refractivity contribution in [3.63, 3.8) is 0 Å². The summed E-state index contributed by atoms with van der Waals surface area (Å²) in [5, 5.41) is 6.12. The summed E-state index contributed by atoms with van der Waals surface area (Å²) in [5.41, 5.74) is 0.459. The van der Waals surface area contributed by atoms with Gasteiger partial charge in [0.1, 0.15) is 10.9 Å². The molecule has 0 bridgehead atoms. The first-order valence-electron chi connectivity index (χ1n) is 4.09. The third-order valence-electron chi connectivity index (χ3n) is 1.67. The van der Waals surface area contributed by atoms with E-state index >= 15 is 0 Å². The number of carbonyl (C=O) groups excluding carboxylic acids is 1. The Bertz CT molecular complexity index is 453. The summed E-state index contributed by atoms with van der Waals surface area (Å²) in [7, 11) is 0. The molecule has 0 atom stereocenters. The summed E-state index contributed by atoms with van der Waals surface area (Å²) in [4.78, 5) is 15.5. The minimum atomic E-state index is -0.274. The van der Waals surface area contributed by atoms with Crippen LogP contribution >= 0.6 is 15.9 Å². The fourth-order valence-electron chi connectivity index (χ4n) is 0.976. The predicted molar refractivity (Wildman–Crippen MR) is 56.4 cm³/mol. The maximum atomic E-state index is 11.6. The molecule has 0 saturated carbocycles. The Morgan fingerprint density at radius 3 is 2.87 bits per heavy atom. The first-order valence-corrected chi connectivity index (χ1v) is 4.88. The number of anilines is 1. The lowest BCUT2D eigenvalue weighted by Gasteiger charge is -2.00. The first-order chi connectivity index (χ1) is 7.25. The minimum Gasteiger partial charge on any atom is -0.363 e. The van der Waals surface area contributed by atoms with Gasteiger partial charge in [0.25, 0.3) is 5.91 Å². The van der Waals surface area contributed by atoms with E-state index in [9.17, 15) is 4.79 Å². The van der Waals surface area contributed by atoms with Gasteiger partial charge in [0, 0.05) is 12.3 Å². The van der Waals surface area contributed by atoms with Crippen LogP contribution in [0, 0.1) is 0 Å². The summed E-state index contributed by atoms with van der Waals surface area (Å²) in [6.45, 7) is 0. The van der Waals surface area contributed by atoms with Crippen molar-refractivity contribution < 1.29 is 9.32 Å². The van der Waals surface area contributed by atoms with Crippen molar-refractivity contribution in [3.8, 4) is 0 Å². The second kappa shape index (κ2) is 4.22. The minimum absolute atomic E-state index is 0.274. The molecule has 2 heterocycles. The van der Waals surface area contributed by atoms with Crippen LogP contribution in [0.3, 0.4) is 0 Å². The van der Waals surface area contributed by atoms with Gasteiger partial charge in [-0.15, -0.1) is 0 Å². The molecule has 5 nitrogen and oxygen atoms in total. The maximum absolute atomic E-state index is 11.6. The summed E-state index contributed by atoms with van der Waals surface area (Å²) in [6.07, 6.45) is 2.86. The van der Waals surface area contributed by atoms with E-state index in [-0.39, 0.29) is 5.91 Å². The Labute approximate surface area is 93.6 Å². The molecule has 76 valence electrons. The van der Waals surface area contributed by atoms with Crippen LogP contribution in [-0.4, -0.2) is 16.0 Å². The number of hydrogen-bond acceptors (Lipinski definition) is 4. The summed E-state index contributed by atoms with van der Waals surface area (Å²) < 4.78 is 5.26. The van der Waals surface area contributed by atoms with Gasteiger partial charge in [-0.3, -0.25) is 4.79 Å². The van der Waals surface area contributed by atoms with Crippen LogP contribution < -0.4 is 5.32 Å². The first kappa shape index (κ1) is 9.85. The fraction of sp³-hybridized carbons (Fsp3) is 0. The number of carbonyl (C=O) groups is 1. The molecule has 0 aliphatic carbocycles. The summed E-state index contributed by atoms with van der Waals surface area (Å²) in [6, 6.07) is 4.91. The Balaban J connectivity index is 2.11. The van der Waals surface area contributed by atoms with Crippen LogP contribution in [0.5, 0.6) is 0 Å². The van der Waals surface area contributed by atoms with Gasteiger partial charge in [0.2, 0.25) is 0 Å². The number of halogens is 1. The van der Waals surface area contributed by atoms with Crippen molar-refractivity contribution in [1.29, 1.82) is 0 Å². The van der Waals surface area contributed by atoms with E-state index in [0.717, 1.165) is 0 Å². The quantitative estimate of drug-likeness (QED) is 0.847. The smallest absolute Gasteiger partial charge is 0.258 e. The number of aromatic nitrogens is 2. The van der Waals surface area contributed by atoms with Gasteiger partial charge in [0.15, 0.2) is 5.82 Å². The van der Waals surface area contributed by atoms with E-state index < -0.39 is 0 Å². The number of rotatable bonds is 2. The molecular weight excluding hydrogens is 262 g/mol. The molecule has 2 aromatic heterocycles. The van der Waals surface area contributed by atoms with Gasteiger partial charge in [-0.2, -0.15) is 0 Å². The molecule has 0 fully saturated rings. The number of nitrogens with zero attached hydrogens (tertiary/aromatic N) is 2. The number of amides is 1. The van der Waals surface area contributed by atoms with Crippen LogP contribution in [0.2, 0.25) is 0 Å². The lowest BCUT2D eigenvalue weighted by molar-refractivity contribution is 0.102. The predicted octanol–water partition coefficient (Wildman–Crippen LogP) is 2.08. The van der Waals surface area contributed by atoms with E-state index in [1.807, 2.05) is 0 Å². The molecule has 15 heavy (non-hydrogen) atoms. The SMILES string of the molecule is O=C(Nc1ccon1)c1ccc(Br)nc1. The molecule has 1 amide bonds. The van der Waals surface area contributed by atoms with Crippen LogP contribution in [0.15, 0.2) is 39.8 Å². The van der Waals surface area contributed by atoms with Gasteiger partial charge < -0.3 is 9.84 Å². The Morgan fingerprint density at radius 2 is 2.27 bits per heavy atom. The summed E-state index contributed by atoms with van der Waals surface area (Å²) >= 11 is 3.19. The lowest BCUT2D eigenvalue weighted by Crippen LogP contribution is -2.12. The number of pyridine rings is 1. The van der Waals surface area contributed by atoms with Gasteiger partial charge in [-0.1, -0.05) is 5.16 Å². The maximum Gasteiger partial charge on any atom is 0.258 e. The topological polar surface area (TPSA) is 68.0 Å². The number of nitrogens with one attached hydrogen (secondary N) is 1. The van der Waals surface area contributed by atoms with Gasteiger partial charge >= 0.3 is 0 Å². The van der Waals surface area contributed by atoms with E-state index in [4.69, 9.17) is 0 Å². The fourth-order valence-corrected chi connectivity index (χ4v) is 1.21. The van der Waals surface area contributed by atoms with Crippen LogP contribution in [0.25, 0.3) is 0 Å². The second-order valence-electron chi connectivity index (χ2n) is 2.71. The highest BCUT2D eigenvalue weighted by Crippen LogP contribution is 2.08. The van der Waals surface area contributed by atoms with Gasteiger partial charge in [-0.05, 0) is 28.1 Å². The van der Waals surface area contributed by atoms with E-state index in [2.05, 4.69) is 35.9 Å². The van der Waals surface area contributed by atoms with Crippen molar-refractivity contribution in [2.75, 3.05) is 5.32 Å². The third-order valence-corrected chi connectivity index (χ3v) is 2.14. The molecule has 0 saturated heterocycles. The molecule has 0 unspecified atom stereocenters. The Hall–Kier alpha value is -1.69. The molecule has 1 N–H and O–H groups in total. The highest BCUT2D eigenvalue weighted by Gasteiger charge is 2.07.